The molecular formula is C24H21NO3. The third-order valence-corrected chi connectivity index (χ3v) is 5.75. The van der Waals surface area contributed by atoms with Crippen molar-refractivity contribution in [3.63, 3.8) is 0 Å². The maximum absolute atomic E-state index is 12.4. The van der Waals surface area contributed by atoms with Gasteiger partial charge in [0.15, 0.2) is 0 Å². The predicted molar refractivity (Wildman–Crippen MR) is 111 cm³/mol. The summed E-state index contributed by atoms with van der Waals surface area (Å²) in [7, 11) is 0. The molecule has 3 aromatic carbocycles. The molecule has 0 aliphatic carbocycles. The van der Waals surface area contributed by atoms with E-state index >= 15 is 0 Å². The summed E-state index contributed by atoms with van der Waals surface area (Å²) in [5.41, 5.74) is 3.59. The Kier molecular flexibility index (Phi) is 3.95. The highest BCUT2D eigenvalue weighted by Crippen LogP contribution is 2.38. The highest BCUT2D eigenvalue weighted by atomic mass is 16.5. The average Bonchev–Trinajstić information content (AvgIpc) is 2.75. The van der Waals surface area contributed by atoms with Crippen LogP contribution in [-0.4, -0.2) is 11.6 Å². The molecule has 0 N–H and O–H groups in total. The van der Waals surface area contributed by atoms with Crippen molar-refractivity contribution in [2.45, 2.75) is 26.4 Å². The van der Waals surface area contributed by atoms with Crippen molar-refractivity contribution in [2.24, 2.45) is 0 Å². The maximum atomic E-state index is 12.4. The van der Waals surface area contributed by atoms with Gasteiger partial charge in [-0.25, -0.2) is 4.79 Å². The van der Waals surface area contributed by atoms with Crippen molar-refractivity contribution < 1.29 is 9.15 Å². The lowest BCUT2D eigenvalue weighted by molar-refractivity contribution is 0.0613. The van der Waals surface area contributed by atoms with Gasteiger partial charge in [0, 0.05) is 29.1 Å². The number of aryl methyl sites for hydroxylation is 1. The molecule has 1 aliphatic heterocycles. The molecule has 4 heteroatoms. The number of benzene rings is 3. The molecule has 0 bridgehead atoms. The summed E-state index contributed by atoms with van der Waals surface area (Å²) < 4.78 is 11.8. The van der Waals surface area contributed by atoms with Crippen LogP contribution in [0.1, 0.15) is 29.7 Å². The molecule has 1 aromatic heterocycles. The molecule has 4 nitrogen and oxygen atoms in total. The number of ether oxygens (including phenoxy) is 1. The third kappa shape index (κ3) is 2.60. The highest BCUT2D eigenvalue weighted by Gasteiger charge is 2.26. The van der Waals surface area contributed by atoms with E-state index in [-0.39, 0.29) is 11.7 Å². The first-order valence-electron chi connectivity index (χ1n) is 9.53. The average molecular weight is 371 g/mol. The van der Waals surface area contributed by atoms with Gasteiger partial charge in [0.25, 0.3) is 0 Å². The zero-order valence-corrected chi connectivity index (χ0v) is 15.9. The van der Waals surface area contributed by atoms with E-state index in [2.05, 4.69) is 42.2 Å². The van der Waals surface area contributed by atoms with Crippen LogP contribution in [0.15, 0.2) is 69.9 Å². The number of rotatable bonds is 2. The second kappa shape index (κ2) is 6.50. The number of hydrogen-bond acceptors (Lipinski definition) is 4. The molecule has 140 valence electrons. The topological polar surface area (TPSA) is 42.7 Å². The monoisotopic (exact) mass is 371 g/mol. The number of nitrogens with zero attached hydrogens (tertiary/aromatic N) is 1. The van der Waals surface area contributed by atoms with Crippen molar-refractivity contribution in [3.05, 3.63) is 87.8 Å². The molecule has 0 amide bonds. The molecule has 0 radical (unpaired) electrons. The summed E-state index contributed by atoms with van der Waals surface area (Å²) in [4.78, 5) is 14.7. The van der Waals surface area contributed by atoms with Crippen LogP contribution in [0.3, 0.4) is 0 Å². The Balaban J connectivity index is 1.64. The van der Waals surface area contributed by atoms with Crippen LogP contribution in [0.2, 0.25) is 0 Å². The van der Waals surface area contributed by atoms with E-state index in [1.165, 1.54) is 5.56 Å². The first-order chi connectivity index (χ1) is 13.6. The summed E-state index contributed by atoms with van der Waals surface area (Å²) in [5, 5.41) is 2.50. The third-order valence-electron chi connectivity index (χ3n) is 5.75. The minimum Gasteiger partial charge on any atom is -0.477 e. The smallest absolute Gasteiger partial charge is 0.344 e. The van der Waals surface area contributed by atoms with Crippen LogP contribution < -0.4 is 10.4 Å². The van der Waals surface area contributed by atoms with Gasteiger partial charge in [0.2, 0.25) is 0 Å². The Labute approximate surface area is 163 Å². The lowest BCUT2D eigenvalue weighted by atomic mass is 9.99. The van der Waals surface area contributed by atoms with Gasteiger partial charge in [-0.05, 0) is 36.9 Å². The fourth-order valence-electron chi connectivity index (χ4n) is 4.15. The Bertz CT molecular complexity index is 1240. The van der Waals surface area contributed by atoms with Crippen molar-refractivity contribution in [2.75, 3.05) is 6.73 Å². The van der Waals surface area contributed by atoms with Crippen molar-refractivity contribution >= 4 is 21.7 Å². The van der Waals surface area contributed by atoms with Gasteiger partial charge in [0.1, 0.15) is 18.1 Å². The van der Waals surface area contributed by atoms with Gasteiger partial charge in [-0.15, -0.1) is 0 Å². The molecule has 1 atom stereocenters. The molecule has 4 aromatic rings. The van der Waals surface area contributed by atoms with Crippen LogP contribution >= 0.6 is 0 Å². The zero-order chi connectivity index (χ0) is 19.3. The Morgan fingerprint density at radius 3 is 2.46 bits per heavy atom. The lowest BCUT2D eigenvalue weighted by Crippen LogP contribution is -2.34. The van der Waals surface area contributed by atoms with E-state index in [1.54, 1.807) is 0 Å². The molecule has 1 aliphatic rings. The molecule has 28 heavy (non-hydrogen) atoms. The van der Waals surface area contributed by atoms with Crippen LogP contribution in [-0.2, 0) is 6.54 Å². The summed E-state index contributed by atoms with van der Waals surface area (Å²) in [6.07, 6.45) is 0. The largest absolute Gasteiger partial charge is 0.477 e. The first kappa shape index (κ1) is 17.0. The second-order valence-electron chi connectivity index (χ2n) is 7.41. The predicted octanol–water partition coefficient (Wildman–Crippen LogP) is 5.17. The first-order valence-corrected chi connectivity index (χ1v) is 9.53. The van der Waals surface area contributed by atoms with Gasteiger partial charge >= 0.3 is 5.63 Å². The Morgan fingerprint density at radius 2 is 1.68 bits per heavy atom. The van der Waals surface area contributed by atoms with E-state index in [4.69, 9.17) is 9.15 Å². The van der Waals surface area contributed by atoms with Crippen molar-refractivity contribution in [3.8, 4) is 5.75 Å². The molecular weight excluding hydrogens is 350 g/mol. The van der Waals surface area contributed by atoms with E-state index < -0.39 is 0 Å². The van der Waals surface area contributed by atoms with Crippen LogP contribution in [0.5, 0.6) is 5.75 Å². The quantitative estimate of drug-likeness (QED) is 0.360. The van der Waals surface area contributed by atoms with E-state index in [0.717, 1.165) is 34.2 Å². The van der Waals surface area contributed by atoms with Crippen LogP contribution in [0, 0.1) is 6.92 Å². The number of fused-ring (bicyclic) bond motifs is 4. The minimum absolute atomic E-state index is 0.246. The summed E-state index contributed by atoms with van der Waals surface area (Å²) in [5.74, 6) is 0.836. The number of hydrogen-bond donors (Lipinski definition) is 0. The SMILES string of the molecule is Cc1c2c(cc3c1oc(=O)c1ccccc13)CN([C@H](C)c1ccccc1)CO2. The van der Waals surface area contributed by atoms with Gasteiger partial charge < -0.3 is 9.15 Å². The molecule has 5 rings (SSSR count). The normalized spacial score (nSPS) is 15.4. The standard InChI is InChI=1S/C24H21NO3/c1-15-22-18(13-25(14-27-22)16(2)17-8-4-3-5-9-17)12-21-19-10-6-7-11-20(19)24(26)28-23(15)21/h3-12,16H,13-14H2,1-2H3/t16-/m1/s1. The van der Waals surface area contributed by atoms with Crippen LogP contribution in [0.25, 0.3) is 21.7 Å². The van der Waals surface area contributed by atoms with Gasteiger partial charge in [-0.1, -0.05) is 48.5 Å². The molecule has 0 fully saturated rings. The van der Waals surface area contributed by atoms with E-state index in [0.29, 0.717) is 17.7 Å². The van der Waals surface area contributed by atoms with Gasteiger partial charge in [-0.3, -0.25) is 4.90 Å². The molecule has 0 saturated carbocycles. The fourth-order valence-corrected chi connectivity index (χ4v) is 4.15. The van der Waals surface area contributed by atoms with Crippen LogP contribution in [0.4, 0.5) is 0 Å². The molecule has 0 spiro atoms. The fraction of sp³-hybridized carbons (Fsp3) is 0.208. The lowest BCUT2D eigenvalue weighted by Gasteiger charge is -2.34. The zero-order valence-electron chi connectivity index (χ0n) is 15.9. The van der Waals surface area contributed by atoms with Gasteiger partial charge in [0.05, 0.1) is 5.39 Å². The molecule has 2 heterocycles. The van der Waals surface area contributed by atoms with Gasteiger partial charge in [-0.2, -0.15) is 0 Å². The van der Waals surface area contributed by atoms with Crippen molar-refractivity contribution in [1.82, 2.24) is 4.90 Å². The van der Waals surface area contributed by atoms with Crippen molar-refractivity contribution in [1.29, 1.82) is 0 Å². The second-order valence-corrected chi connectivity index (χ2v) is 7.41. The summed E-state index contributed by atoms with van der Waals surface area (Å²) in [6.45, 7) is 5.46. The molecule has 0 unspecified atom stereocenters. The van der Waals surface area contributed by atoms with E-state index in [1.807, 2.05) is 37.3 Å². The summed E-state index contributed by atoms with van der Waals surface area (Å²) in [6, 6.07) is 20.4. The maximum Gasteiger partial charge on any atom is 0.344 e. The minimum atomic E-state index is -0.304. The highest BCUT2D eigenvalue weighted by molar-refractivity contribution is 6.06. The molecule has 0 saturated heterocycles. The van der Waals surface area contributed by atoms with E-state index in [9.17, 15) is 4.79 Å². The Hall–Kier alpha value is -3.11. The Morgan fingerprint density at radius 1 is 0.964 bits per heavy atom. The summed E-state index contributed by atoms with van der Waals surface area (Å²) >= 11 is 0.